The number of benzene rings is 2. The van der Waals surface area contributed by atoms with Crippen molar-refractivity contribution in [2.24, 2.45) is 0 Å². The number of thioether (sulfide) groups is 1. The Hall–Kier alpha value is -3.00. The summed E-state index contributed by atoms with van der Waals surface area (Å²) in [6.07, 6.45) is 0.900. The fourth-order valence-electron chi connectivity index (χ4n) is 3.13. The number of aryl methyl sites for hydroxylation is 1. The molecule has 31 heavy (non-hydrogen) atoms. The van der Waals surface area contributed by atoms with E-state index in [4.69, 9.17) is 10.6 Å². The number of nitrogens with zero attached hydrogens (tertiary/aromatic N) is 4. The van der Waals surface area contributed by atoms with Crippen LogP contribution in [0.2, 0.25) is 0 Å². The van der Waals surface area contributed by atoms with Crippen molar-refractivity contribution in [1.82, 2.24) is 19.8 Å². The van der Waals surface area contributed by atoms with Gasteiger partial charge in [-0.1, -0.05) is 48.5 Å². The predicted octanol–water partition coefficient (Wildman–Crippen LogP) is 3.90. The molecule has 3 rings (SSSR count). The number of ether oxygens (including phenoxy) is 1. The molecule has 2 aromatic carbocycles. The van der Waals surface area contributed by atoms with Gasteiger partial charge < -0.3 is 15.5 Å². The van der Waals surface area contributed by atoms with Crippen molar-refractivity contribution in [2.45, 2.75) is 38.9 Å². The Bertz CT molecular complexity index is 986. The molecule has 0 aliphatic heterocycles. The van der Waals surface area contributed by atoms with Crippen molar-refractivity contribution < 1.29 is 9.53 Å². The van der Waals surface area contributed by atoms with Gasteiger partial charge in [0.25, 0.3) is 0 Å². The van der Waals surface area contributed by atoms with Crippen LogP contribution in [0.15, 0.2) is 53.7 Å². The van der Waals surface area contributed by atoms with Crippen molar-refractivity contribution in [2.75, 3.05) is 24.7 Å². The molecule has 0 atom stereocenters. The number of rotatable bonds is 10. The van der Waals surface area contributed by atoms with Crippen molar-refractivity contribution in [3.63, 3.8) is 0 Å². The number of nitrogen functional groups attached to an aromatic ring is 1. The molecule has 1 amide bonds. The Balaban J connectivity index is 1.64. The summed E-state index contributed by atoms with van der Waals surface area (Å²) in [5.41, 5.74) is 3.17. The fraction of sp³-hybridized carbons (Fsp3) is 0.348. The standard InChI is InChI=1S/C23H29N5O2S/c1-4-14-27(15-18-8-6-17(3)7-9-18)21(29)16-31-23-26-25-22(28(23)24)19-10-12-20(13-11-19)30-5-2/h6-13H,4-5,14-16,24H2,1-3H3. The molecule has 8 heteroatoms. The highest BCUT2D eigenvalue weighted by Gasteiger charge is 2.17. The van der Waals surface area contributed by atoms with Gasteiger partial charge in [0.1, 0.15) is 5.75 Å². The van der Waals surface area contributed by atoms with E-state index in [1.807, 2.05) is 36.1 Å². The third-order valence-corrected chi connectivity index (χ3v) is 5.68. The highest BCUT2D eigenvalue weighted by molar-refractivity contribution is 7.99. The lowest BCUT2D eigenvalue weighted by Gasteiger charge is -2.22. The lowest BCUT2D eigenvalue weighted by molar-refractivity contribution is -0.129. The average Bonchev–Trinajstić information content (AvgIpc) is 3.14. The van der Waals surface area contributed by atoms with E-state index in [9.17, 15) is 4.79 Å². The number of nitrogens with two attached hydrogens (primary N) is 1. The predicted molar refractivity (Wildman–Crippen MR) is 124 cm³/mol. The molecule has 0 saturated heterocycles. The van der Waals surface area contributed by atoms with Crippen molar-refractivity contribution in [3.8, 4) is 17.1 Å². The molecule has 164 valence electrons. The Labute approximate surface area is 187 Å². The Morgan fingerprint density at radius 2 is 1.81 bits per heavy atom. The number of hydrogen-bond donors (Lipinski definition) is 1. The zero-order valence-electron chi connectivity index (χ0n) is 18.2. The van der Waals surface area contributed by atoms with Crippen LogP contribution >= 0.6 is 11.8 Å². The van der Waals surface area contributed by atoms with Gasteiger partial charge in [-0.2, -0.15) is 0 Å². The summed E-state index contributed by atoms with van der Waals surface area (Å²) in [4.78, 5) is 14.7. The van der Waals surface area contributed by atoms with Gasteiger partial charge in [-0.05, 0) is 50.1 Å². The Morgan fingerprint density at radius 3 is 2.45 bits per heavy atom. The van der Waals surface area contributed by atoms with Gasteiger partial charge in [-0.3, -0.25) is 4.79 Å². The average molecular weight is 440 g/mol. The van der Waals surface area contributed by atoms with Gasteiger partial charge in [-0.15, -0.1) is 10.2 Å². The zero-order valence-corrected chi connectivity index (χ0v) is 19.1. The van der Waals surface area contributed by atoms with Gasteiger partial charge in [0.05, 0.1) is 12.4 Å². The van der Waals surface area contributed by atoms with Crippen LogP contribution in [-0.2, 0) is 11.3 Å². The first-order chi connectivity index (χ1) is 15.0. The Kier molecular flexibility index (Phi) is 7.94. The minimum atomic E-state index is 0.0537. The normalized spacial score (nSPS) is 10.8. The molecule has 0 saturated carbocycles. The first kappa shape index (κ1) is 22.7. The summed E-state index contributed by atoms with van der Waals surface area (Å²) in [6.45, 7) is 7.99. The van der Waals surface area contributed by atoms with Crippen molar-refractivity contribution in [1.29, 1.82) is 0 Å². The van der Waals surface area contributed by atoms with Gasteiger partial charge in [0, 0.05) is 18.7 Å². The third-order valence-electron chi connectivity index (χ3n) is 4.75. The molecule has 0 radical (unpaired) electrons. The lowest BCUT2D eigenvalue weighted by Crippen LogP contribution is -2.32. The summed E-state index contributed by atoms with van der Waals surface area (Å²) < 4.78 is 6.90. The van der Waals surface area contributed by atoms with E-state index >= 15 is 0 Å². The van der Waals surface area contributed by atoms with Crippen LogP contribution in [0.4, 0.5) is 0 Å². The van der Waals surface area contributed by atoms with Gasteiger partial charge in [0.2, 0.25) is 11.1 Å². The van der Waals surface area contributed by atoms with E-state index in [2.05, 4.69) is 48.3 Å². The first-order valence-corrected chi connectivity index (χ1v) is 11.4. The van der Waals surface area contributed by atoms with Crippen LogP contribution in [0.1, 0.15) is 31.4 Å². The highest BCUT2D eigenvalue weighted by Crippen LogP contribution is 2.24. The van der Waals surface area contributed by atoms with E-state index in [-0.39, 0.29) is 11.7 Å². The molecule has 0 bridgehead atoms. The number of amides is 1. The molecule has 1 heterocycles. The lowest BCUT2D eigenvalue weighted by atomic mass is 10.1. The summed E-state index contributed by atoms with van der Waals surface area (Å²) >= 11 is 1.30. The largest absolute Gasteiger partial charge is 0.494 e. The molecule has 3 aromatic rings. The minimum Gasteiger partial charge on any atom is -0.494 e. The molecule has 0 aliphatic carbocycles. The number of hydrogen-bond acceptors (Lipinski definition) is 6. The number of aromatic nitrogens is 3. The molecule has 0 spiro atoms. The second-order valence-electron chi connectivity index (χ2n) is 7.22. The van der Waals surface area contributed by atoms with E-state index in [1.165, 1.54) is 22.0 Å². The molecule has 0 unspecified atom stereocenters. The van der Waals surface area contributed by atoms with Gasteiger partial charge in [0.15, 0.2) is 5.82 Å². The maximum Gasteiger partial charge on any atom is 0.233 e. The van der Waals surface area contributed by atoms with Crippen molar-refractivity contribution in [3.05, 3.63) is 59.7 Å². The van der Waals surface area contributed by atoms with Crippen LogP contribution < -0.4 is 10.6 Å². The van der Waals surface area contributed by atoms with Crippen LogP contribution in [-0.4, -0.2) is 44.6 Å². The number of carbonyl (C=O) groups excluding carboxylic acids is 1. The topological polar surface area (TPSA) is 86.3 Å². The molecule has 0 aliphatic rings. The molecular weight excluding hydrogens is 410 g/mol. The smallest absolute Gasteiger partial charge is 0.233 e. The van der Waals surface area contributed by atoms with E-state index in [0.717, 1.165) is 23.3 Å². The summed E-state index contributed by atoms with van der Waals surface area (Å²) in [7, 11) is 0. The highest BCUT2D eigenvalue weighted by atomic mass is 32.2. The van der Waals surface area contributed by atoms with Crippen LogP contribution in [0, 0.1) is 6.92 Å². The molecule has 7 nitrogen and oxygen atoms in total. The molecular formula is C23H29N5O2S. The van der Waals surface area contributed by atoms with Gasteiger partial charge >= 0.3 is 0 Å². The monoisotopic (exact) mass is 439 g/mol. The summed E-state index contributed by atoms with van der Waals surface area (Å²) in [6, 6.07) is 15.8. The molecule has 0 fully saturated rings. The third kappa shape index (κ3) is 6.01. The van der Waals surface area contributed by atoms with E-state index in [0.29, 0.717) is 30.7 Å². The Morgan fingerprint density at radius 1 is 1.10 bits per heavy atom. The van der Waals surface area contributed by atoms with Crippen LogP contribution in [0.5, 0.6) is 5.75 Å². The maximum absolute atomic E-state index is 12.9. The van der Waals surface area contributed by atoms with E-state index in [1.54, 1.807) is 0 Å². The summed E-state index contributed by atoms with van der Waals surface area (Å²) in [5, 5.41) is 8.87. The fourth-order valence-corrected chi connectivity index (χ4v) is 3.89. The molecule has 2 N–H and O–H groups in total. The quantitative estimate of drug-likeness (QED) is 0.381. The molecule has 1 aromatic heterocycles. The second kappa shape index (κ2) is 10.9. The summed E-state index contributed by atoms with van der Waals surface area (Å²) in [5.74, 6) is 7.85. The van der Waals surface area contributed by atoms with Crippen molar-refractivity contribution >= 4 is 17.7 Å². The first-order valence-electron chi connectivity index (χ1n) is 10.4. The van der Waals surface area contributed by atoms with Gasteiger partial charge in [-0.25, -0.2) is 4.68 Å². The number of carbonyl (C=O) groups is 1. The second-order valence-corrected chi connectivity index (χ2v) is 8.17. The maximum atomic E-state index is 12.9. The zero-order chi connectivity index (χ0) is 22.2. The van der Waals surface area contributed by atoms with Crippen LogP contribution in [0.3, 0.4) is 0 Å². The SMILES string of the molecule is CCCN(Cc1ccc(C)cc1)C(=O)CSc1nnc(-c2ccc(OCC)cc2)n1N. The van der Waals surface area contributed by atoms with Crippen LogP contribution in [0.25, 0.3) is 11.4 Å². The minimum absolute atomic E-state index is 0.0537. The van der Waals surface area contributed by atoms with E-state index < -0.39 is 0 Å².